The Hall–Kier alpha value is -0.860. The second-order valence-corrected chi connectivity index (χ2v) is 3.68. The molecule has 1 N–H and O–H groups in total. The maximum atomic E-state index is 10.6. The fourth-order valence-corrected chi connectivity index (χ4v) is 0.674. The minimum Gasteiger partial charge on any atom is -0.346 e. The third-order valence-electron chi connectivity index (χ3n) is 1.43. The van der Waals surface area contributed by atoms with E-state index in [0.29, 0.717) is 0 Å². The molecule has 0 aliphatic rings. The Morgan fingerprint density at radius 1 is 1.45 bits per heavy atom. The van der Waals surface area contributed by atoms with Crippen molar-refractivity contribution in [3.8, 4) is 0 Å². The molecule has 0 aromatic rings. The fourth-order valence-electron chi connectivity index (χ4n) is 0.674. The molecule has 3 heteroatoms. The third-order valence-corrected chi connectivity index (χ3v) is 1.43. The average Bonchev–Trinajstić information content (AvgIpc) is 1.79. The van der Waals surface area contributed by atoms with Crippen LogP contribution >= 0.6 is 0 Å². The summed E-state index contributed by atoms with van der Waals surface area (Å²) in [5.74, 6) is -0.169. The van der Waals surface area contributed by atoms with Crippen LogP contribution in [0.1, 0.15) is 27.7 Å². The van der Waals surface area contributed by atoms with Gasteiger partial charge in [-0.1, -0.05) is 20.8 Å². The number of nitrogens with one attached hydrogen (secondary N) is 1. The lowest BCUT2D eigenvalue weighted by molar-refractivity contribution is -0.123. The zero-order valence-corrected chi connectivity index (χ0v) is 7.47. The Labute approximate surface area is 67.2 Å². The van der Waals surface area contributed by atoms with Crippen LogP contribution in [0.15, 0.2) is 0 Å². The van der Waals surface area contributed by atoms with Gasteiger partial charge in [0.15, 0.2) is 0 Å². The molecule has 0 saturated carbocycles. The topological polar surface area (TPSA) is 46.2 Å². The summed E-state index contributed by atoms with van der Waals surface area (Å²) in [5.41, 5.74) is -0.201. The van der Waals surface area contributed by atoms with Crippen LogP contribution in [0.4, 0.5) is 0 Å². The monoisotopic (exact) mass is 157 g/mol. The predicted octanol–water partition coefficient (Wildman–Crippen LogP) is 0.736. The SMILES string of the molecule is CC(=O)NC(C=O)C(C)(C)C. The van der Waals surface area contributed by atoms with E-state index in [2.05, 4.69) is 5.32 Å². The normalized spacial score (nSPS) is 13.8. The molecule has 0 aromatic heterocycles. The second-order valence-electron chi connectivity index (χ2n) is 3.68. The van der Waals surface area contributed by atoms with E-state index in [4.69, 9.17) is 0 Å². The van der Waals surface area contributed by atoms with Crippen molar-refractivity contribution in [2.24, 2.45) is 5.41 Å². The molecule has 1 atom stereocenters. The summed E-state index contributed by atoms with van der Waals surface area (Å²) in [6.07, 6.45) is 0.765. The van der Waals surface area contributed by atoms with Crippen LogP contribution < -0.4 is 5.32 Å². The van der Waals surface area contributed by atoms with E-state index in [9.17, 15) is 9.59 Å². The van der Waals surface area contributed by atoms with E-state index in [1.807, 2.05) is 20.8 Å². The molecular weight excluding hydrogens is 142 g/mol. The first-order valence-electron chi connectivity index (χ1n) is 3.60. The highest BCUT2D eigenvalue weighted by atomic mass is 16.2. The number of carbonyl (C=O) groups is 2. The molecule has 11 heavy (non-hydrogen) atoms. The minimum absolute atomic E-state index is 0.169. The van der Waals surface area contributed by atoms with Gasteiger partial charge in [0.1, 0.15) is 6.29 Å². The molecule has 0 bridgehead atoms. The van der Waals surface area contributed by atoms with Gasteiger partial charge in [-0.05, 0) is 5.41 Å². The summed E-state index contributed by atoms with van der Waals surface area (Å²) in [4.78, 5) is 21.1. The molecule has 0 rings (SSSR count). The highest BCUT2D eigenvalue weighted by Gasteiger charge is 2.24. The Bertz CT molecular complexity index is 158. The van der Waals surface area contributed by atoms with Gasteiger partial charge >= 0.3 is 0 Å². The first-order valence-corrected chi connectivity index (χ1v) is 3.60. The molecule has 0 spiro atoms. The maximum absolute atomic E-state index is 10.6. The fraction of sp³-hybridized carbons (Fsp3) is 0.750. The van der Waals surface area contributed by atoms with Crippen molar-refractivity contribution in [1.82, 2.24) is 5.32 Å². The van der Waals surface area contributed by atoms with Gasteiger partial charge in [-0.2, -0.15) is 0 Å². The maximum Gasteiger partial charge on any atom is 0.217 e. The summed E-state index contributed by atoms with van der Waals surface area (Å²) in [7, 11) is 0. The average molecular weight is 157 g/mol. The summed E-state index contributed by atoms with van der Waals surface area (Å²) in [5, 5.41) is 2.56. The van der Waals surface area contributed by atoms with E-state index in [1.165, 1.54) is 6.92 Å². The van der Waals surface area contributed by atoms with Crippen LogP contribution in [0, 0.1) is 5.41 Å². The molecule has 3 nitrogen and oxygen atoms in total. The van der Waals surface area contributed by atoms with Crippen LogP contribution in [0.25, 0.3) is 0 Å². The Morgan fingerprint density at radius 2 is 1.91 bits per heavy atom. The van der Waals surface area contributed by atoms with Crippen molar-refractivity contribution in [2.45, 2.75) is 33.7 Å². The molecular formula is C8H15NO2. The smallest absolute Gasteiger partial charge is 0.217 e. The number of hydrogen-bond acceptors (Lipinski definition) is 2. The van der Waals surface area contributed by atoms with Crippen molar-refractivity contribution in [1.29, 1.82) is 0 Å². The van der Waals surface area contributed by atoms with Gasteiger partial charge in [0.25, 0.3) is 0 Å². The van der Waals surface area contributed by atoms with Crippen LogP contribution in [-0.2, 0) is 9.59 Å². The van der Waals surface area contributed by atoms with Crippen LogP contribution in [0.2, 0.25) is 0 Å². The predicted molar refractivity (Wildman–Crippen MR) is 43.1 cm³/mol. The van der Waals surface area contributed by atoms with E-state index in [1.54, 1.807) is 0 Å². The van der Waals surface area contributed by atoms with E-state index < -0.39 is 0 Å². The van der Waals surface area contributed by atoms with Crippen LogP contribution in [0.3, 0.4) is 0 Å². The van der Waals surface area contributed by atoms with Crippen molar-refractivity contribution in [3.05, 3.63) is 0 Å². The minimum atomic E-state index is -0.389. The first-order chi connectivity index (χ1) is 4.88. The van der Waals surface area contributed by atoms with Gasteiger partial charge in [0.05, 0.1) is 6.04 Å². The lowest BCUT2D eigenvalue weighted by atomic mass is 9.88. The molecule has 1 amide bonds. The molecule has 0 aromatic carbocycles. The summed E-state index contributed by atoms with van der Waals surface area (Å²) in [6.45, 7) is 7.12. The second kappa shape index (κ2) is 3.51. The standard InChI is InChI=1S/C8H15NO2/c1-6(11)9-7(5-10)8(2,3)4/h5,7H,1-4H3,(H,9,11). The number of aldehydes is 1. The molecule has 0 saturated heterocycles. The van der Waals surface area contributed by atoms with Crippen molar-refractivity contribution < 1.29 is 9.59 Å². The lowest BCUT2D eigenvalue weighted by Gasteiger charge is -2.25. The summed E-state index contributed by atoms with van der Waals surface area (Å²) >= 11 is 0. The van der Waals surface area contributed by atoms with Gasteiger partial charge in [0, 0.05) is 6.92 Å². The molecule has 0 aliphatic heterocycles. The Morgan fingerprint density at radius 3 is 2.00 bits per heavy atom. The molecule has 0 radical (unpaired) electrons. The molecule has 1 unspecified atom stereocenters. The third kappa shape index (κ3) is 3.75. The van der Waals surface area contributed by atoms with Crippen LogP contribution in [0.5, 0.6) is 0 Å². The van der Waals surface area contributed by atoms with Gasteiger partial charge in [-0.15, -0.1) is 0 Å². The zero-order valence-electron chi connectivity index (χ0n) is 7.47. The number of amides is 1. The Balaban J connectivity index is 4.18. The van der Waals surface area contributed by atoms with E-state index >= 15 is 0 Å². The lowest BCUT2D eigenvalue weighted by Crippen LogP contribution is -2.43. The molecule has 0 aliphatic carbocycles. The van der Waals surface area contributed by atoms with E-state index in [-0.39, 0.29) is 17.4 Å². The quantitative estimate of drug-likeness (QED) is 0.601. The molecule has 64 valence electrons. The highest BCUT2D eigenvalue weighted by Crippen LogP contribution is 2.17. The van der Waals surface area contributed by atoms with Crippen molar-refractivity contribution in [2.75, 3.05) is 0 Å². The van der Waals surface area contributed by atoms with Gasteiger partial charge in [-0.3, -0.25) is 4.79 Å². The Kier molecular flexibility index (Phi) is 3.23. The largest absolute Gasteiger partial charge is 0.346 e. The number of carbonyl (C=O) groups excluding carboxylic acids is 2. The summed E-state index contributed by atoms with van der Waals surface area (Å²) in [6, 6.07) is -0.389. The van der Waals surface area contributed by atoms with Gasteiger partial charge < -0.3 is 10.1 Å². The highest BCUT2D eigenvalue weighted by molar-refractivity contribution is 5.77. The van der Waals surface area contributed by atoms with Crippen LogP contribution in [-0.4, -0.2) is 18.2 Å². The molecule has 0 fully saturated rings. The number of rotatable bonds is 2. The number of hydrogen-bond donors (Lipinski definition) is 1. The first kappa shape index (κ1) is 10.1. The van der Waals surface area contributed by atoms with Crippen molar-refractivity contribution >= 4 is 12.2 Å². The van der Waals surface area contributed by atoms with Gasteiger partial charge in [-0.25, -0.2) is 0 Å². The van der Waals surface area contributed by atoms with Gasteiger partial charge in [0.2, 0.25) is 5.91 Å². The van der Waals surface area contributed by atoms with E-state index in [0.717, 1.165) is 6.29 Å². The zero-order chi connectivity index (χ0) is 9.07. The molecule has 0 heterocycles. The summed E-state index contributed by atoms with van der Waals surface area (Å²) < 4.78 is 0. The van der Waals surface area contributed by atoms with Crippen molar-refractivity contribution in [3.63, 3.8) is 0 Å².